The minimum absolute atomic E-state index is 0.307. The van der Waals surface area contributed by atoms with Crippen LogP contribution in [0, 0.1) is 5.95 Å². The van der Waals surface area contributed by atoms with Gasteiger partial charge in [0.1, 0.15) is 0 Å². The van der Waals surface area contributed by atoms with Gasteiger partial charge in [-0.3, -0.25) is 4.79 Å². The summed E-state index contributed by atoms with van der Waals surface area (Å²) in [5.41, 5.74) is 5.25. The molecular formula is C10H14FN3O. The molecule has 0 saturated carbocycles. The predicted octanol–water partition coefficient (Wildman–Crippen LogP) is 1.29. The minimum Gasteiger partial charge on any atom is -0.323 e. The normalized spacial score (nSPS) is 14.4. The zero-order chi connectivity index (χ0) is 11.5. The third-order valence-electron chi connectivity index (χ3n) is 2.24. The molecule has 4 nitrogen and oxygen atoms in total. The first-order valence-corrected chi connectivity index (χ1v) is 4.67. The molecule has 1 heterocycles. The van der Waals surface area contributed by atoms with E-state index < -0.39 is 11.5 Å². The summed E-state index contributed by atoms with van der Waals surface area (Å²) in [7, 11) is 0. The highest BCUT2D eigenvalue weighted by atomic mass is 19.1. The molecule has 0 radical (unpaired) electrons. The van der Waals surface area contributed by atoms with Crippen molar-refractivity contribution >= 4 is 11.6 Å². The highest BCUT2D eigenvalue weighted by Crippen LogP contribution is 2.11. The van der Waals surface area contributed by atoms with Gasteiger partial charge in [0.15, 0.2) is 0 Å². The molecule has 1 aromatic heterocycles. The van der Waals surface area contributed by atoms with E-state index in [2.05, 4.69) is 10.3 Å². The van der Waals surface area contributed by atoms with E-state index in [1.54, 1.807) is 6.92 Å². The summed E-state index contributed by atoms with van der Waals surface area (Å²) in [5, 5.41) is 2.57. The van der Waals surface area contributed by atoms with Gasteiger partial charge in [-0.1, -0.05) is 6.92 Å². The van der Waals surface area contributed by atoms with E-state index in [0.717, 1.165) is 0 Å². The number of nitrogens with zero attached hydrogens (tertiary/aromatic N) is 1. The third kappa shape index (κ3) is 2.99. The number of anilines is 1. The van der Waals surface area contributed by atoms with Crippen LogP contribution in [-0.2, 0) is 4.79 Å². The Balaban J connectivity index is 2.71. The number of halogens is 1. The lowest BCUT2D eigenvalue weighted by atomic mass is 9.99. The van der Waals surface area contributed by atoms with E-state index in [0.29, 0.717) is 12.1 Å². The fraction of sp³-hybridized carbons (Fsp3) is 0.400. The average Bonchev–Trinajstić information content (AvgIpc) is 2.21. The molecule has 3 N–H and O–H groups in total. The fourth-order valence-corrected chi connectivity index (χ4v) is 0.884. The highest BCUT2D eigenvalue weighted by molar-refractivity contribution is 5.97. The lowest BCUT2D eigenvalue weighted by Crippen LogP contribution is -2.47. The van der Waals surface area contributed by atoms with Gasteiger partial charge in [0, 0.05) is 0 Å². The summed E-state index contributed by atoms with van der Waals surface area (Å²) in [6.45, 7) is 3.46. The Morgan fingerprint density at radius 2 is 2.33 bits per heavy atom. The molecule has 1 rings (SSSR count). The smallest absolute Gasteiger partial charge is 0.244 e. The molecule has 0 aliphatic rings. The van der Waals surface area contributed by atoms with Crippen molar-refractivity contribution in [3.05, 3.63) is 24.3 Å². The van der Waals surface area contributed by atoms with Gasteiger partial charge in [-0.25, -0.2) is 4.98 Å². The number of hydrogen-bond donors (Lipinski definition) is 2. The van der Waals surface area contributed by atoms with Crippen molar-refractivity contribution in [2.75, 3.05) is 5.32 Å². The molecule has 1 aromatic rings. The van der Waals surface area contributed by atoms with Gasteiger partial charge >= 0.3 is 0 Å². The lowest BCUT2D eigenvalue weighted by molar-refractivity contribution is -0.120. The molecule has 0 aliphatic heterocycles. The summed E-state index contributed by atoms with van der Waals surface area (Å²) in [6, 6.07) is 2.61. The van der Waals surface area contributed by atoms with Gasteiger partial charge in [-0.05, 0) is 25.5 Å². The largest absolute Gasteiger partial charge is 0.323 e. The number of carbonyl (C=O) groups excluding carboxylic acids is 1. The molecule has 1 unspecified atom stereocenters. The Morgan fingerprint density at radius 1 is 1.67 bits per heavy atom. The van der Waals surface area contributed by atoms with Gasteiger partial charge in [-0.2, -0.15) is 4.39 Å². The van der Waals surface area contributed by atoms with Crippen LogP contribution in [0.2, 0.25) is 0 Å². The van der Waals surface area contributed by atoms with E-state index in [4.69, 9.17) is 5.73 Å². The monoisotopic (exact) mass is 211 g/mol. The second-order valence-electron chi connectivity index (χ2n) is 3.59. The molecular weight excluding hydrogens is 197 g/mol. The van der Waals surface area contributed by atoms with E-state index in [-0.39, 0.29) is 5.91 Å². The van der Waals surface area contributed by atoms with Crippen molar-refractivity contribution in [1.82, 2.24) is 4.98 Å². The second-order valence-corrected chi connectivity index (χ2v) is 3.59. The average molecular weight is 211 g/mol. The quantitative estimate of drug-likeness (QED) is 0.740. The summed E-state index contributed by atoms with van der Waals surface area (Å²) in [4.78, 5) is 15.0. The van der Waals surface area contributed by atoms with Crippen molar-refractivity contribution in [2.24, 2.45) is 5.73 Å². The Kier molecular flexibility index (Phi) is 3.36. The first-order valence-electron chi connectivity index (χ1n) is 4.67. The van der Waals surface area contributed by atoms with Crippen LogP contribution in [0.5, 0.6) is 0 Å². The van der Waals surface area contributed by atoms with E-state index in [1.165, 1.54) is 18.3 Å². The standard InChI is InChI=1S/C10H14FN3O/c1-3-10(2,12)9(15)14-7-4-5-8(11)13-6-7/h4-6H,3,12H2,1-2H3,(H,14,15). The SMILES string of the molecule is CCC(C)(N)C(=O)Nc1ccc(F)nc1. The molecule has 0 aliphatic carbocycles. The molecule has 5 heteroatoms. The molecule has 0 fully saturated rings. The maximum absolute atomic E-state index is 12.5. The summed E-state index contributed by atoms with van der Waals surface area (Å²) >= 11 is 0. The van der Waals surface area contributed by atoms with Crippen LogP contribution in [0.3, 0.4) is 0 Å². The first-order chi connectivity index (χ1) is 6.95. The Hall–Kier alpha value is -1.49. The number of hydrogen-bond acceptors (Lipinski definition) is 3. The number of rotatable bonds is 3. The predicted molar refractivity (Wildman–Crippen MR) is 55.7 cm³/mol. The molecule has 15 heavy (non-hydrogen) atoms. The van der Waals surface area contributed by atoms with Crippen LogP contribution in [0.25, 0.3) is 0 Å². The topological polar surface area (TPSA) is 68.0 Å². The molecule has 82 valence electrons. The number of amides is 1. The lowest BCUT2D eigenvalue weighted by Gasteiger charge is -2.21. The number of pyridine rings is 1. The van der Waals surface area contributed by atoms with E-state index in [1.807, 2.05) is 6.92 Å². The number of nitrogens with two attached hydrogens (primary N) is 1. The van der Waals surface area contributed by atoms with Crippen molar-refractivity contribution in [2.45, 2.75) is 25.8 Å². The van der Waals surface area contributed by atoms with Gasteiger partial charge < -0.3 is 11.1 Å². The van der Waals surface area contributed by atoms with Crippen molar-refractivity contribution < 1.29 is 9.18 Å². The van der Waals surface area contributed by atoms with Gasteiger partial charge in [0.25, 0.3) is 0 Å². The maximum atomic E-state index is 12.5. The molecule has 1 atom stereocenters. The van der Waals surface area contributed by atoms with Gasteiger partial charge in [-0.15, -0.1) is 0 Å². The second kappa shape index (κ2) is 4.35. The third-order valence-corrected chi connectivity index (χ3v) is 2.24. The van der Waals surface area contributed by atoms with Crippen LogP contribution < -0.4 is 11.1 Å². The minimum atomic E-state index is -0.922. The van der Waals surface area contributed by atoms with Crippen molar-refractivity contribution in [3.63, 3.8) is 0 Å². The molecule has 0 aromatic carbocycles. The van der Waals surface area contributed by atoms with Crippen molar-refractivity contribution in [1.29, 1.82) is 0 Å². The number of carbonyl (C=O) groups is 1. The van der Waals surface area contributed by atoms with Gasteiger partial charge in [0.2, 0.25) is 11.9 Å². The van der Waals surface area contributed by atoms with Crippen LogP contribution in [0.15, 0.2) is 18.3 Å². The Morgan fingerprint density at radius 3 is 2.80 bits per heavy atom. The maximum Gasteiger partial charge on any atom is 0.244 e. The Bertz CT molecular complexity index is 348. The zero-order valence-corrected chi connectivity index (χ0v) is 8.75. The molecule has 0 spiro atoms. The molecule has 0 saturated heterocycles. The number of nitrogens with one attached hydrogen (secondary N) is 1. The van der Waals surface area contributed by atoms with Crippen LogP contribution in [0.1, 0.15) is 20.3 Å². The van der Waals surface area contributed by atoms with Crippen LogP contribution in [0.4, 0.5) is 10.1 Å². The van der Waals surface area contributed by atoms with Crippen LogP contribution in [-0.4, -0.2) is 16.4 Å². The fourth-order valence-electron chi connectivity index (χ4n) is 0.884. The van der Waals surface area contributed by atoms with Gasteiger partial charge in [0.05, 0.1) is 17.4 Å². The molecule has 0 bridgehead atoms. The summed E-state index contributed by atoms with van der Waals surface area (Å²) < 4.78 is 12.5. The molecule has 1 amide bonds. The van der Waals surface area contributed by atoms with E-state index in [9.17, 15) is 9.18 Å². The summed E-state index contributed by atoms with van der Waals surface area (Å²) in [5.74, 6) is -0.891. The first kappa shape index (κ1) is 11.6. The highest BCUT2D eigenvalue weighted by Gasteiger charge is 2.25. The van der Waals surface area contributed by atoms with E-state index >= 15 is 0 Å². The Labute approximate surface area is 87.7 Å². The zero-order valence-electron chi connectivity index (χ0n) is 8.75. The number of aromatic nitrogens is 1. The van der Waals surface area contributed by atoms with Crippen LogP contribution >= 0.6 is 0 Å². The summed E-state index contributed by atoms with van der Waals surface area (Å²) in [6.07, 6.45) is 1.77. The van der Waals surface area contributed by atoms with Crippen molar-refractivity contribution in [3.8, 4) is 0 Å².